The maximum absolute atomic E-state index is 10.9. The molecule has 4 heteroatoms. The largest absolute Gasteiger partial charge is 0.481 e. The molecule has 1 aliphatic rings. The van der Waals surface area contributed by atoms with Crippen molar-refractivity contribution >= 4 is 5.97 Å². The molecular formula is C17H25NO3. The second-order valence-electron chi connectivity index (χ2n) is 6.31. The zero-order valence-corrected chi connectivity index (χ0v) is 12.6. The van der Waals surface area contributed by atoms with Crippen LogP contribution in [0.3, 0.4) is 0 Å². The van der Waals surface area contributed by atoms with Gasteiger partial charge >= 0.3 is 5.97 Å². The SMILES string of the molecule is CC(Cc1ccccc1)NCC1(O)CCC(C(=O)O)CC1. The smallest absolute Gasteiger partial charge is 0.306 e. The Hall–Kier alpha value is -1.39. The van der Waals surface area contributed by atoms with E-state index >= 15 is 0 Å². The molecule has 0 heterocycles. The topological polar surface area (TPSA) is 69.6 Å². The van der Waals surface area contributed by atoms with Crippen molar-refractivity contribution in [2.75, 3.05) is 6.54 Å². The Morgan fingerprint density at radius 3 is 2.52 bits per heavy atom. The van der Waals surface area contributed by atoms with E-state index in [1.54, 1.807) is 0 Å². The first-order valence-electron chi connectivity index (χ1n) is 7.71. The summed E-state index contributed by atoms with van der Waals surface area (Å²) in [6.45, 7) is 2.65. The lowest BCUT2D eigenvalue weighted by Gasteiger charge is -2.35. The molecule has 1 saturated carbocycles. The summed E-state index contributed by atoms with van der Waals surface area (Å²) in [6.07, 6.45) is 3.19. The van der Waals surface area contributed by atoms with Gasteiger partial charge in [-0.2, -0.15) is 0 Å². The van der Waals surface area contributed by atoms with Crippen molar-refractivity contribution in [1.82, 2.24) is 5.32 Å². The van der Waals surface area contributed by atoms with Gasteiger partial charge in [-0.05, 0) is 44.6 Å². The van der Waals surface area contributed by atoms with Gasteiger partial charge in [0.1, 0.15) is 0 Å². The van der Waals surface area contributed by atoms with Crippen molar-refractivity contribution < 1.29 is 15.0 Å². The molecule has 4 nitrogen and oxygen atoms in total. The summed E-state index contributed by atoms with van der Waals surface area (Å²) < 4.78 is 0. The average molecular weight is 291 g/mol. The number of nitrogens with one attached hydrogen (secondary N) is 1. The van der Waals surface area contributed by atoms with Gasteiger partial charge in [-0.15, -0.1) is 0 Å². The van der Waals surface area contributed by atoms with Crippen LogP contribution in [0, 0.1) is 5.92 Å². The van der Waals surface area contributed by atoms with Gasteiger partial charge in [0, 0.05) is 12.6 Å². The summed E-state index contributed by atoms with van der Waals surface area (Å²) in [7, 11) is 0. The molecule has 0 radical (unpaired) electrons. The molecule has 2 rings (SSSR count). The Kier molecular flexibility index (Phi) is 5.37. The molecule has 0 saturated heterocycles. The Morgan fingerprint density at radius 1 is 1.33 bits per heavy atom. The van der Waals surface area contributed by atoms with Crippen molar-refractivity contribution in [3.05, 3.63) is 35.9 Å². The van der Waals surface area contributed by atoms with Gasteiger partial charge in [-0.1, -0.05) is 30.3 Å². The van der Waals surface area contributed by atoms with Gasteiger partial charge < -0.3 is 15.5 Å². The minimum Gasteiger partial charge on any atom is -0.481 e. The molecule has 0 bridgehead atoms. The van der Waals surface area contributed by atoms with Crippen molar-refractivity contribution in [2.24, 2.45) is 5.92 Å². The van der Waals surface area contributed by atoms with E-state index in [-0.39, 0.29) is 12.0 Å². The molecule has 1 unspecified atom stereocenters. The fraction of sp³-hybridized carbons (Fsp3) is 0.588. The van der Waals surface area contributed by atoms with Gasteiger partial charge in [0.15, 0.2) is 0 Å². The molecule has 116 valence electrons. The van der Waals surface area contributed by atoms with E-state index in [0.29, 0.717) is 32.2 Å². The molecule has 1 atom stereocenters. The Morgan fingerprint density at radius 2 is 1.95 bits per heavy atom. The van der Waals surface area contributed by atoms with E-state index in [4.69, 9.17) is 5.11 Å². The highest BCUT2D eigenvalue weighted by atomic mass is 16.4. The molecule has 3 N–H and O–H groups in total. The summed E-state index contributed by atoms with van der Waals surface area (Å²) in [4.78, 5) is 10.9. The first-order valence-corrected chi connectivity index (χ1v) is 7.71. The van der Waals surface area contributed by atoms with Gasteiger partial charge in [0.05, 0.1) is 11.5 Å². The average Bonchev–Trinajstić information content (AvgIpc) is 2.47. The maximum Gasteiger partial charge on any atom is 0.306 e. The maximum atomic E-state index is 10.9. The quantitative estimate of drug-likeness (QED) is 0.751. The van der Waals surface area contributed by atoms with Crippen molar-refractivity contribution in [1.29, 1.82) is 0 Å². The number of hydrogen-bond donors (Lipinski definition) is 3. The van der Waals surface area contributed by atoms with E-state index in [1.807, 2.05) is 18.2 Å². The third-order valence-corrected chi connectivity index (χ3v) is 4.43. The number of carboxylic acid groups (broad SMARTS) is 1. The number of rotatable bonds is 6. The van der Waals surface area contributed by atoms with Crippen molar-refractivity contribution in [3.8, 4) is 0 Å². The Balaban J connectivity index is 1.76. The standard InChI is InChI=1S/C17H25NO3/c1-13(11-14-5-3-2-4-6-14)18-12-17(21)9-7-15(8-10-17)16(19)20/h2-6,13,15,18,21H,7-12H2,1H3,(H,19,20). The van der Waals surface area contributed by atoms with Crippen LogP contribution in [-0.2, 0) is 11.2 Å². The van der Waals surface area contributed by atoms with E-state index in [2.05, 4.69) is 24.4 Å². The zero-order valence-electron chi connectivity index (χ0n) is 12.6. The lowest BCUT2D eigenvalue weighted by atomic mass is 9.78. The molecule has 1 aliphatic carbocycles. The molecule has 0 aromatic heterocycles. The first-order chi connectivity index (χ1) is 9.98. The van der Waals surface area contributed by atoms with Crippen LogP contribution >= 0.6 is 0 Å². The highest BCUT2D eigenvalue weighted by Crippen LogP contribution is 2.31. The van der Waals surface area contributed by atoms with Crippen LogP contribution < -0.4 is 5.32 Å². The predicted molar refractivity (Wildman–Crippen MR) is 82.2 cm³/mol. The minimum absolute atomic E-state index is 0.285. The summed E-state index contributed by atoms with van der Waals surface area (Å²) >= 11 is 0. The molecule has 21 heavy (non-hydrogen) atoms. The van der Waals surface area contributed by atoms with Gasteiger partial charge in [-0.25, -0.2) is 0 Å². The second-order valence-corrected chi connectivity index (χ2v) is 6.31. The van der Waals surface area contributed by atoms with Crippen LogP contribution in [0.4, 0.5) is 0 Å². The Bertz CT molecular complexity index is 452. The lowest BCUT2D eigenvalue weighted by Crippen LogP contribution is -2.47. The second kappa shape index (κ2) is 7.05. The molecule has 0 spiro atoms. The Labute approximate surface area is 126 Å². The van der Waals surface area contributed by atoms with Gasteiger partial charge in [0.25, 0.3) is 0 Å². The lowest BCUT2D eigenvalue weighted by molar-refractivity contribution is -0.144. The van der Waals surface area contributed by atoms with E-state index in [1.165, 1.54) is 5.56 Å². The number of aliphatic carboxylic acids is 1. The fourth-order valence-electron chi connectivity index (χ4n) is 2.98. The van der Waals surface area contributed by atoms with Crippen LogP contribution in [-0.4, -0.2) is 34.4 Å². The normalized spacial score (nSPS) is 27.2. The number of carbonyl (C=O) groups is 1. The predicted octanol–water partition coefficient (Wildman–Crippen LogP) is 2.21. The molecule has 0 aliphatic heterocycles. The summed E-state index contributed by atoms with van der Waals surface area (Å²) in [5, 5.41) is 22.9. The molecule has 1 aromatic rings. The minimum atomic E-state index is -0.753. The molecule has 0 amide bonds. The van der Waals surface area contributed by atoms with Crippen LogP contribution in [0.2, 0.25) is 0 Å². The van der Waals surface area contributed by atoms with Gasteiger partial charge in [-0.3, -0.25) is 4.79 Å². The molecular weight excluding hydrogens is 266 g/mol. The first kappa shape index (κ1) is 16.0. The van der Waals surface area contributed by atoms with Gasteiger partial charge in [0.2, 0.25) is 0 Å². The highest BCUT2D eigenvalue weighted by molar-refractivity contribution is 5.70. The number of hydrogen-bond acceptors (Lipinski definition) is 3. The molecule has 1 aromatic carbocycles. The van der Waals surface area contributed by atoms with Crippen LogP contribution in [0.15, 0.2) is 30.3 Å². The summed E-state index contributed by atoms with van der Waals surface area (Å²) in [5.41, 5.74) is 0.524. The van der Waals surface area contributed by atoms with Crippen molar-refractivity contribution in [2.45, 2.75) is 50.7 Å². The van der Waals surface area contributed by atoms with Crippen LogP contribution in [0.1, 0.15) is 38.2 Å². The zero-order chi connectivity index (χ0) is 15.3. The summed E-state index contributed by atoms with van der Waals surface area (Å²) in [6, 6.07) is 10.6. The van der Waals surface area contributed by atoms with Crippen LogP contribution in [0.25, 0.3) is 0 Å². The third-order valence-electron chi connectivity index (χ3n) is 4.43. The number of carboxylic acids is 1. The monoisotopic (exact) mass is 291 g/mol. The number of aliphatic hydroxyl groups is 1. The van der Waals surface area contributed by atoms with E-state index in [0.717, 1.165) is 6.42 Å². The summed E-state index contributed by atoms with van der Waals surface area (Å²) in [5.74, 6) is -1.02. The van der Waals surface area contributed by atoms with Crippen molar-refractivity contribution in [3.63, 3.8) is 0 Å². The fourth-order valence-corrected chi connectivity index (χ4v) is 2.98. The number of benzene rings is 1. The van der Waals surface area contributed by atoms with Crippen LogP contribution in [0.5, 0.6) is 0 Å². The van der Waals surface area contributed by atoms with E-state index < -0.39 is 11.6 Å². The molecule has 1 fully saturated rings. The highest BCUT2D eigenvalue weighted by Gasteiger charge is 2.35. The third kappa shape index (κ3) is 4.83. The van der Waals surface area contributed by atoms with E-state index in [9.17, 15) is 9.90 Å².